The number of benzene rings is 1. The molecule has 208 valence electrons. The van der Waals surface area contributed by atoms with Gasteiger partial charge in [0.1, 0.15) is 0 Å². The zero-order valence-electron chi connectivity index (χ0n) is 21.7. The summed E-state index contributed by atoms with van der Waals surface area (Å²) in [5, 5.41) is 4.45. The van der Waals surface area contributed by atoms with Gasteiger partial charge in [0.25, 0.3) is 0 Å². The van der Waals surface area contributed by atoms with Crippen molar-refractivity contribution < 1.29 is 27.1 Å². The van der Waals surface area contributed by atoms with E-state index in [2.05, 4.69) is 27.8 Å². The average molecular weight is 611 g/mol. The van der Waals surface area contributed by atoms with Crippen LogP contribution in [0.4, 0.5) is 28.9 Å². The summed E-state index contributed by atoms with van der Waals surface area (Å²) in [5.41, 5.74) is 2.29. The van der Waals surface area contributed by atoms with E-state index < -0.39 is 32.2 Å². The molecule has 1 aliphatic heterocycles. The van der Waals surface area contributed by atoms with Crippen LogP contribution >= 0.6 is 0 Å². The van der Waals surface area contributed by atoms with Crippen molar-refractivity contribution >= 4 is 42.3 Å². The number of hydrogen-bond acceptors (Lipinski definition) is 5. The standard InChI is InChI=1S/C27H29F4N5O2Se/c1-32-25(37)17-8-9-24(38-3)22(14-17)33-11-4-6-18-15-23-21(34-20-10-13-35(2)16-19(20)28)7-5-12-36(23)26(18)39-27(29,30)31/h5,7-9,12,14-15,19-20,33-34H,10-11,13,16H2,1-3H3,(H,32,37). The molecule has 0 aliphatic carbocycles. The molecular formula is C27H29F4N5O2Se. The molecule has 39 heavy (non-hydrogen) atoms. The van der Waals surface area contributed by atoms with Gasteiger partial charge >= 0.3 is 231 Å². The third-order valence-electron chi connectivity index (χ3n) is 6.34. The van der Waals surface area contributed by atoms with Gasteiger partial charge in [0.15, 0.2) is 0 Å². The third kappa shape index (κ3) is 6.98. The minimum atomic E-state index is -4.38. The topological polar surface area (TPSA) is 70.0 Å². The average Bonchev–Trinajstić information content (AvgIpc) is 3.24. The molecule has 3 aromatic rings. The van der Waals surface area contributed by atoms with Gasteiger partial charge in [0, 0.05) is 0 Å². The van der Waals surface area contributed by atoms with E-state index >= 15 is 0 Å². The number of anilines is 2. The Hall–Kier alpha value is -3.39. The van der Waals surface area contributed by atoms with Gasteiger partial charge in [-0.25, -0.2) is 0 Å². The van der Waals surface area contributed by atoms with E-state index in [9.17, 15) is 22.4 Å². The number of hydrogen-bond donors (Lipinski definition) is 3. The maximum absolute atomic E-state index is 14.7. The first kappa shape index (κ1) is 28.6. The molecule has 2 unspecified atom stereocenters. The maximum atomic E-state index is 14.7. The van der Waals surface area contributed by atoms with Crippen molar-refractivity contribution in [2.24, 2.45) is 0 Å². The van der Waals surface area contributed by atoms with Gasteiger partial charge in [0.2, 0.25) is 0 Å². The second kappa shape index (κ2) is 12.2. The van der Waals surface area contributed by atoms with Gasteiger partial charge in [-0.15, -0.1) is 0 Å². The Morgan fingerprint density at radius 1 is 1.23 bits per heavy atom. The van der Waals surface area contributed by atoms with Crippen LogP contribution in [0.1, 0.15) is 22.3 Å². The molecule has 1 fully saturated rings. The molecule has 3 heterocycles. The Labute approximate surface area is 230 Å². The fraction of sp³-hybridized carbons (Fsp3) is 0.370. The predicted molar refractivity (Wildman–Crippen MR) is 145 cm³/mol. The first-order valence-electron chi connectivity index (χ1n) is 12.2. The zero-order chi connectivity index (χ0) is 28.2. The van der Waals surface area contributed by atoms with Gasteiger partial charge < -0.3 is 0 Å². The van der Waals surface area contributed by atoms with E-state index in [-0.39, 0.29) is 22.6 Å². The normalized spacial score (nSPS) is 17.8. The number of carbonyl (C=O) groups is 1. The van der Waals surface area contributed by atoms with Crippen molar-refractivity contribution in [3.63, 3.8) is 0 Å². The van der Waals surface area contributed by atoms with Crippen LogP contribution in [-0.2, 0) is 0 Å². The van der Waals surface area contributed by atoms with Crippen LogP contribution < -0.4 is 25.3 Å². The zero-order valence-corrected chi connectivity index (χ0v) is 23.4. The van der Waals surface area contributed by atoms with Gasteiger partial charge in [-0.05, 0) is 0 Å². The van der Waals surface area contributed by atoms with Crippen molar-refractivity contribution in [3.05, 3.63) is 53.7 Å². The van der Waals surface area contributed by atoms with E-state index in [4.69, 9.17) is 4.74 Å². The molecule has 1 amide bonds. The van der Waals surface area contributed by atoms with E-state index in [1.54, 1.807) is 42.6 Å². The summed E-state index contributed by atoms with van der Waals surface area (Å²) < 4.78 is 62.2. The van der Waals surface area contributed by atoms with Crippen LogP contribution in [0, 0.1) is 11.8 Å². The van der Waals surface area contributed by atoms with E-state index in [1.165, 1.54) is 18.6 Å². The molecule has 1 aromatic carbocycles. The van der Waals surface area contributed by atoms with Crippen molar-refractivity contribution in [2.75, 3.05) is 51.5 Å². The molecule has 7 nitrogen and oxygen atoms in total. The molecule has 12 heteroatoms. The Bertz CT molecular complexity index is 1400. The number of rotatable bonds is 7. The molecule has 1 aliphatic rings. The first-order chi connectivity index (χ1) is 18.6. The first-order valence-corrected chi connectivity index (χ1v) is 13.9. The molecule has 0 radical (unpaired) electrons. The summed E-state index contributed by atoms with van der Waals surface area (Å²) in [6.07, 6.45) is 1.06. The summed E-state index contributed by atoms with van der Waals surface area (Å²) in [4.78, 5) is 13.9. The van der Waals surface area contributed by atoms with Crippen molar-refractivity contribution in [1.82, 2.24) is 14.6 Å². The molecule has 2 aromatic heterocycles. The number of nitrogens with zero attached hydrogens (tertiary/aromatic N) is 2. The second-order valence-electron chi connectivity index (χ2n) is 9.06. The number of alkyl halides is 4. The molecule has 2 atom stereocenters. The molecule has 1 saturated heterocycles. The second-order valence-corrected chi connectivity index (χ2v) is 11.3. The number of fused-ring (bicyclic) bond motifs is 1. The number of amides is 1. The summed E-state index contributed by atoms with van der Waals surface area (Å²) in [5.74, 6) is 6.00. The van der Waals surface area contributed by atoms with E-state index in [0.717, 1.165) is 6.54 Å². The Morgan fingerprint density at radius 2 is 2.03 bits per heavy atom. The Morgan fingerprint density at radius 3 is 2.72 bits per heavy atom. The summed E-state index contributed by atoms with van der Waals surface area (Å²) >= 11 is -1.85. The van der Waals surface area contributed by atoms with Crippen LogP contribution in [0.5, 0.6) is 5.75 Å². The number of aromatic nitrogens is 1. The molecular weight excluding hydrogens is 581 g/mol. The number of ether oxygens (including phenoxy) is 1. The Balaban J connectivity index is 1.61. The predicted octanol–water partition coefficient (Wildman–Crippen LogP) is 3.07. The van der Waals surface area contributed by atoms with E-state index in [1.807, 2.05) is 11.9 Å². The fourth-order valence-electron chi connectivity index (χ4n) is 4.43. The number of piperidine rings is 1. The molecule has 3 N–H and O–H groups in total. The Kier molecular flexibility index (Phi) is 8.95. The van der Waals surface area contributed by atoms with Crippen LogP contribution in [-0.4, -0.2) is 88.3 Å². The molecule has 0 spiro atoms. The molecule has 0 saturated carbocycles. The number of likely N-dealkylation sites (tertiary alicyclic amines) is 1. The minimum absolute atomic E-state index is 0.0699. The SMILES string of the molecule is CNC(=O)c1ccc(OC)c(NCC#Cc2cc3c(NC4CCN(C)CC4F)cccn3c2[Se]C(F)(F)F)c1. The summed E-state index contributed by atoms with van der Waals surface area (Å²) in [6.45, 7) is 1.12. The number of carbonyl (C=O) groups excluding carboxylic acids is 1. The third-order valence-corrected chi connectivity index (χ3v) is 8.11. The van der Waals surface area contributed by atoms with Gasteiger partial charge in [-0.2, -0.15) is 0 Å². The molecule has 4 rings (SSSR count). The quantitative estimate of drug-likeness (QED) is 0.218. The van der Waals surface area contributed by atoms with Gasteiger partial charge in [-0.1, -0.05) is 0 Å². The number of nitrogens with one attached hydrogen (secondary N) is 3. The van der Waals surface area contributed by atoms with Crippen LogP contribution in [0.25, 0.3) is 5.52 Å². The monoisotopic (exact) mass is 611 g/mol. The van der Waals surface area contributed by atoms with E-state index in [0.29, 0.717) is 41.2 Å². The van der Waals surface area contributed by atoms with Crippen LogP contribution in [0.2, 0.25) is 0 Å². The fourth-order valence-corrected chi connectivity index (χ4v) is 5.89. The van der Waals surface area contributed by atoms with Gasteiger partial charge in [0.05, 0.1) is 0 Å². The number of halogens is 4. The van der Waals surface area contributed by atoms with Gasteiger partial charge in [-0.3, -0.25) is 0 Å². The number of pyridine rings is 1. The molecule has 0 bridgehead atoms. The van der Waals surface area contributed by atoms with Crippen LogP contribution in [0.3, 0.4) is 0 Å². The van der Waals surface area contributed by atoms with Crippen molar-refractivity contribution in [3.8, 4) is 17.6 Å². The van der Waals surface area contributed by atoms with Crippen molar-refractivity contribution in [1.29, 1.82) is 0 Å². The summed E-state index contributed by atoms with van der Waals surface area (Å²) in [6, 6.07) is 9.46. The van der Waals surface area contributed by atoms with Crippen molar-refractivity contribution in [2.45, 2.75) is 23.7 Å². The summed E-state index contributed by atoms with van der Waals surface area (Å²) in [7, 11) is 4.88. The van der Waals surface area contributed by atoms with Crippen LogP contribution in [0.15, 0.2) is 42.6 Å². The number of methoxy groups -OCH3 is 1.